The lowest BCUT2D eigenvalue weighted by atomic mass is 10.0. The van der Waals surface area contributed by atoms with Crippen molar-refractivity contribution in [1.82, 2.24) is 9.55 Å². The highest BCUT2D eigenvalue weighted by atomic mass is 35.5. The number of aliphatic hydroxyl groups is 1. The number of nitrogens with zero attached hydrogens (tertiary/aromatic N) is 1. The predicted octanol–water partition coefficient (Wildman–Crippen LogP) is -0.573. The molecule has 0 aliphatic carbocycles. The van der Waals surface area contributed by atoms with Gasteiger partial charge in [0.1, 0.15) is 0 Å². The molecule has 0 radical (unpaired) electrons. The highest BCUT2D eigenvalue weighted by Gasteiger charge is 2.45. The lowest BCUT2D eigenvalue weighted by Crippen LogP contribution is -2.35. The van der Waals surface area contributed by atoms with E-state index < -0.39 is 28.5 Å². The van der Waals surface area contributed by atoms with Crippen LogP contribution in [0.3, 0.4) is 0 Å². The fraction of sp³-hybridized carbons (Fsp3) is 0.455. The summed E-state index contributed by atoms with van der Waals surface area (Å²) in [5.74, 6) is 2.34. The van der Waals surface area contributed by atoms with Gasteiger partial charge in [-0.05, 0) is 0 Å². The Morgan fingerprint density at radius 3 is 2.94 bits per heavy atom. The maximum atomic E-state index is 11.6. The maximum absolute atomic E-state index is 11.6. The maximum Gasteiger partial charge on any atom is 0.330 e. The first-order valence-electron chi connectivity index (χ1n) is 5.23. The number of terminal acetylenes is 1. The van der Waals surface area contributed by atoms with Gasteiger partial charge < -0.3 is 9.84 Å². The summed E-state index contributed by atoms with van der Waals surface area (Å²) in [6.07, 6.45) is 5.99. The molecule has 96 valence electrons. The molecule has 1 fully saturated rings. The van der Waals surface area contributed by atoms with Crippen molar-refractivity contribution in [2.75, 3.05) is 6.61 Å². The van der Waals surface area contributed by atoms with E-state index in [2.05, 4.69) is 10.9 Å². The molecule has 6 nitrogen and oxygen atoms in total. The zero-order valence-electron chi connectivity index (χ0n) is 9.30. The van der Waals surface area contributed by atoms with E-state index in [1.807, 2.05) is 0 Å². The van der Waals surface area contributed by atoms with Crippen molar-refractivity contribution in [2.45, 2.75) is 23.6 Å². The lowest BCUT2D eigenvalue weighted by molar-refractivity contribution is -0.0643. The van der Waals surface area contributed by atoms with Gasteiger partial charge in [-0.15, -0.1) is 18.0 Å². The van der Waals surface area contributed by atoms with Gasteiger partial charge in [0, 0.05) is 18.7 Å². The molecule has 3 atom stereocenters. The molecular formula is C11H11ClN2O4. The molecule has 1 saturated heterocycles. The Bertz CT molecular complexity index is 602. The van der Waals surface area contributed by atoms with E-state index in [9.17, 15) is 14.7 Å². The number of alkyl halides is 1. The van der Waals surface area contributed by atoms with E-state index in [4.69, 9.17) is 22.8 Å². The molecule has 18 heavy (non-hydrogen) atoms. The van der Waals surface area contributed by atoms with Crippen LogP contribution in [0.25, 0.3) is 0 Å². The van der Waals surface area contributed by atoms with Crippen molar-refractivity contribution in [3.8, 4) is 12.3 Å². The van der Waals surface area contributed by atoms with E-state index in [-0.39, 0.29) is 13.0 Å². The van der Waals surface area contributed by atoms with Crippen molar-refractivity contribution < 1.29 is 9.84 Å². The molecule has 0 spiro atoms. The first kappa shape index (κ1) is 12.9. The highest BCUT2D eigenvalue weighted by molar-refractivity contribution is 6.21. The summed E-state index contributed by atoms with van der Waals surface area (Å²) >= 11 is 6.08. The Labute approximate surface area is 107 Å². The molecule has 1 aliphatic heterocycles. The Morgan fingerprint density at radius 2 is 2.44 bits per heavy atom. The minimum atomic E-state index is -1.19. The molecule has 2 rings (SSSR count). The Kier molecular flexibility index (Phi) is 3.30. The summed E-state index contributed by atoms with van der Waals surface area (Å²) in [6.45, 7) is -0.388. The zero-order chi connectivity index (χ0) is 13.3. The molecule has 1 aromatic heterocycles. The standard InChI is InChI=1S/C11H11ClN2O4/c1-2-11(6-15)5-7(12)9(18-11)14-4-3-8(16)13-10(14)17/h1,3-4,7,9,15H,5-6H2,(H,13,16,17)/t7-,9?,11+/m1/s1. The number of aromatic amines is 1. The molecule has 0 bridgehead atoms. The molecule has 1 unspecified atom stereocenters. The van der Waals surface area contributed by atoms with Crippen molar-refractivity contribution in [1.29, 1.82) is 0 Å². The monoisotopic (exact) mass is 270 g/mol. The zero-order valence-corrected chi connectivity index (χ0v) is 10.1. The average Bonchev–Trinajstić information content (AvgIpc) is 2.67. The van der Waals surface area contributed by atoms with Crippen LogP contribution in [0.15, 0.2) is 21.9 Å². The minimum Gasteiger partial charge on any atom is -0.392 e. The van der Waals surface area contributed by atoms with Gasteiger partial charge in [0.15, 0.2) is 11.8 Å². The first-order valence-corrected chi connectivity index (χ1v) is 5.67. The van der Waals surface area contributed by atoms with Crippen molar-refractivity contribution >= 4 is 11.6 Å². The van der Waals surface area contributed by atoms with Crippen molar-refractivity contribution in [3.63, 3.8) is 0 Å². The van der Waals surface area contributed by atoms with Gasteiger partial charge in [0.25, 0.3) is 5.56 Å². The second kappa shape index (κ2) is 4.61. The van der Waals surface area contributed by atoms with Crippen LogP contribution in [0.2, 0.25) is 0 Å². The number of aliphatic hydroxyl groups excluding tert-OH is 1. The predicted molar refractivity (Wildman–Crippen MR) is 64.4 cm³/mol. The summed E-state index contributed by atoms with van der Waals surface area (Å²) in [5.41, 5.74) is -2.33. The quantitative estimate of drug-likeness (QED) is 0.557. The molecule has 2 heterocycles. The molecule has 2 N–H and O–H groups in total. The van der Waals surface area contributed by atoms with Gasteiger partial charge in [0.05, 0.1) is 12.0 Å². The van der Waals surface area contributed by atoms with Crippen LogP contribution in [0.5, 0.6) is 0 Å². The van der Waals surface area contributed by atoms with Gasteiger partial charge >= 0.3 is 5.69 Å². The van der Waals surface area contributed by atoms with Crippen LogP contribution in [-0.2, 0) is 4.74 Å². The van der Waals surface area contributed by atoms with Crippen LogP contribution in [0.1, 0.15) is 12.6 Å². The number of hydrogen-bond donors (Lipinski definition) is 2. The van der Waals surface area contributed by atoms with E-state index in [0.717, 1.165) is 4.57 Å². The van der Waals surface area contributed by atoms with Gasteiger partial charge in [0.2, 0.25) is 0 Å². The minimum absolute atomic E-state index is 0.220. The molecule has 0 amide bonds. The largest absolute Gasteiger partial charge is 0.392 e. The number of H-pyrrole nitrogens is 1. The number of halogens is 1. The van der Waals surface area contributed by atoms with Crippen LogP contribution in [0.4, 0.5) is 0 Å². The smallest absolute Gasteiger partial charge is 0.330 e. The lowest BCUT2D eigenvalue weighted by Gasteiger charge is -2.21. The van der Waals surface area contributed by atoms with Gasteiger partial charge in [-0.2, -0.15) is 0 Å². The van der Waals surface area contributed by atoms with Crippen molar-refractivity contribution in [3.05, 3.63) is 33.1 Å². The van der Waals surface area contributed by atoms with Crippen LogP contribution >= 0.6 is 11.6 Å². The summed E-state index contributed by atoms with van der Waals surface area (Å²) in [5, 5.41) is 8.67. The molecule has 1 aromatic rings. The van der Waals surface area contributed by atoms with Gasteiger partial charge in [-0.1, -0.05) is 5.92 Å². The Morgan fingerprint density at radius 1 is 1.72 bits per heavy atom. The summed E-state index contributed by atoms with van der Waals surface area (Å²) in [6, 6.07) is 1.18. The average molecular weight is 271 g/mol. The van der Waals surface area contributed by atoms with Crippen LogP contribution in [0, 0.1) is 12.3 Å². The fourth-order valence-corrected chi connectivity index (χ4v) is 2.29. The molecule has 0 saturated carbocycles. The van der Waals surface area contributed by atoms with Gasteiger partial charge in [-0.3, -0.25) is 14.3 Å². The number of nitrogens with one attached hydrogen (secondary N) is 1. The topological polar surface area (TPSA) is 84.3 Å². The Hall–Kier alpha value is -1.55. The Balaban J connectivity index is 2.39. The molecule has 0 aromatic carbocycles. The molecule has 1 aliphatic rings. The van der Waals surface area contributed by atoms with Gasteiger partial charge in [-0.25, -0.2) is 4.79 Å². The second-order valence-electron chi connectivity index (χ2n) is 4.04. The third-order valence-corrected chi connectivity index (χ3v) is 3.19. The molecular weight excluding hydrogens is 260 g/mol. The third-order valence-electron chi connectivity index (χ3n) is 2.82. The second-order valence-corrected chi connectivity index (χ2v) is 4.60. The number of rotatable bonds is 2. The number of ether oxygens (including phenoxy) is 1. The van der Waals surface area contributed by atoms with E-state index in [1.54, 1.807) is 0 Å². The summed E-state index contributed by atoms with van der Waals surface area (Å²) in [4.78, 5) is 24.7. The molecule has 7 heteroatoms. The van der Waals surface area contributed by atoms with E-state index in [0.29, 0.717) is 0 Å². The normalized spacial score (nSPS) is 31.2. The first-order chi connectivity index (χ1) is 8.51. The van der Waals surface area contributed by atoms with Crippen LogP contribution < -0.4 is 11.2 Å². The SMILES string of the molecule is C#C[C@@]1(CO)C[C@@H](Cl)C(n2ccc(=O)[nH]c2=O)O1. The van der Waals surface area contributed by atoms with Crippen LogP contribution in [-0.4, -0.2) is 32.2 Å². The number of aromatic nitrogens is 2. The highest BCUT2D eigenvalue weighted by Crippen LogP contribution is 2.38. The fourth-order valence-electron chi connectivity index (χ4n) is 1.87. The number of hydrogen-bond acceptors (Lipinski definition) is 4. The van der Waals surface area contributed by atoms with E-state index in [1.165, 1.54) is 12.3 Å². The third kappa shape index (κ3) is 2.08. The van der Waals surface area contributed by atoms with E-state index >= 15 is 0 Å². The summed E-state index contributed by atoms with van der Waals surface area (Å²) in [7, 11) is 0. The van der Waals surface area contributed by atoms with Crippen molar-refractivity contribution in [2.24, 2.45) is 0 Å². The summed E-state index contributed by atoms with van der Waals surface area (Å²) < 4.78 is 6.64.